The van der Waals surface area contributed by atoms with Crippen molar-refractivity contribution in [1.29, 1.82) is 0 Å². The maximum Gasteiger partial charge on any atom is 0.251 e. The quantitative estimate of drug-likeness (QED) is 0.897. The Balaban J connectivity index is 2.07. The van der Waals surface area contributed by atoms with Gasteiger partial charge in [-0.05, 0) is 35.0 Å². The number of hydrogen-bond donors (Lipinski definition) is 1. The fourth-order valence-corrected chi connectivity index (χ4v) is 2.88. The molecule has 5 heteroatoms. The maximum atomic E-state index is 12.0. The normalized spacial score (nSPS) is 12.3. The van der Waals surface area contributed by atoms with Crippen LogP contribution < -0.4 is 5.32 Å². The molecule has 2 aromatic rings. The van der Waals surface area contributed by atoms with Crippen LogP contribution >= 0.6 is 15.9 Å². The zero-order chi connectivity index (χ0) is 14.5. The molecular weight excluding hydrogens is 338 g/mol. The average Bonchev–Trinajstić information content (AvgIpc) is 2.46. The molecule has 1 amide bonds. The van der Waals surface area contributed by atoms with Crippen molar-refractivity contribution in [3.05, 3.63) is 46.4 Å². The second-order valence-corrected chi connectivity index (χ2v) is 7.18. The summed E-state index contributed by atoms with van der Waals surface area (Å²) in [7, 11) is -0.845. The molecule has 0 saturated heterocycles. The highest BCUT2D eigenvalue weighted by molar-refractivity contribution is 9.10. The van der Waals surface area contributed by atoms with Gasteiger partial charge >= 0.3 is 0 Å². The van der Waals surface area contributed by atoms with Crippen LogP contribution in [0.5, 0.6) is 0 Å². The van der Waals surface area contributed by atoms with E-state index in [0.717, 1.165) is 15.2 Å². The first-order valence-corrected chi connectivity index (χ1v) is 8.70. The third-order valence-electron chi connectivity index (χ3n) is 3.00. The zero-order valence-corrected chi connectivity index (χ0v) is 13.6. The Morgan fingerprint density at radius 3 is 2.65 bits per heavy atom. The summed E-state index contributed by atoms with van der Waals surface area (Å²) in [6.07, 6.45) is 0. The van der Waals surface area contributed by atoms with E-state index in [0.29, 0.717) is 23.6 Å². The second-order valence-electron chi connectivity index (χ2n) is 4.39. The molecule has 0 radical (unpaired) electrons. The number of hydrogen-bond acceptors (Lipinski definition) is 2. The van der Waals surface area contributed by atoms with Crippen LogP contribution in [0.15, 0.2) is 40.9 Å². The number of benzene rings is 2. The molecule has 0 spiro atoms. The van der Waals surface area contributed by atoms with Gasteiger partial charge in [0.1, 0.15) is 0 Å². The number of rotatable bonds is 5. The van der Waals surface area contributed by atoms with E-state index in [1.807, 2.05) is 37.3 Å². The summed E-state index contributed by atoms with van der Waals surface area (Å²) in [5, 5.41) is 4.91. The Hall–Kier alpha value is -1.20. The molecule has 1 atom stereocenters. The molecule has 2 rings (SSSR count). The van der Waals surface area contributed by atoms with Crippen LogP contribution in [0.4, 0.5) is 0 Å². The van der Waals surface area contributed by atoms with Crippen molar-refractivity contribution in [2.24, 2.45) is 0 Å². The first-order chi connectivity index (χ1) is 9.60. The van der Waals surface area contributed by atoms with E-state index >= 15 is 0 Å². The van der Waals surface area contributed by atoms with Crippen LogP contribution in [0.2, 0.25) is 0 Å². The first kappa shape index (κ1) is 15.2. The van der Waals surface area contributed by atoms with Crippen LogP contribution in [0.1, 0.15) is 17.3 Å². The molecule has 1 N–H and O–H groups in total. The van der Waals surface area contributed by atoms with Gasteiger partial charge in [-0.3, -0.25) is 9.00 Å². The molecule has 0 aromatic heterocycles. The van der Waals surface area contributed by atoms with Crippen molar-refractivity contribution in [1.82, 2.24) is 5.32 Å². The van der Waals surface area contributed by atoms with Crippen LogP contribution in [0, 0.1) is 0 Å². The minimum absolute atomic E-state index is 0.122. The lowest BCUT2D eigenvalue weighted by atomic mass is 10.1. The molecule has 2 aromatic carbocycles. The molecule has 0 bridgehead atoms. The molecule has 0 saturated carbocycles. The zero-order valence-electron chi connectivity index (χ0n) is 11.2. The minimum atomic E-state index is -0.845. The highest BCUT2D eigenvalue weighted by Crippen LogP contribution is 2.20. The summed E-state index contributed by atoms with van der Waals surface area (Å²) >= 11 is 3.43. The molecule has 1 unspecified atom stereocenters. The number of nitrogens with one attached hydrogen (secondary N) is 1. The molecule has 3 nitrogen and oxygen atoms in total. The lowest BCUT2D eigenvalue weighted by Gasteiger charge is -2.06. The van der Waals surface area contributed by atoms with Gasteiger partial charge in [0.05, 0.1) is 0 Å². The third-order valence-corrected chi connectivity index (χ3v) is 4.80. The fourth-order valence-electron chi connectivity index (χ4n) is 1.88. The molecule has 0 fully saturated rings. The van der Waals surface area contributed by atoms with E-state index in [1.165, 1.54) is 0 Å². The molecule has 20 heavy (non-hydrogen) atoms. The summed E-state index contributed by atoms with van der Waals surface area (Å²) in [6, 6.07) is 11.5. The number of fused-ring (bicyclic) bond motifs is 1. The standard InChI is InChI=1S/C15H16BrNO2S/c1-2-20(19)8-7-17-15(18)13-4-3-12-10-14(16)6-5-11(12)9-13/h3-6,9-10H,2,7-8H2,1H3,(H,17,18). The summed E-state index contributed by atoms with van der Waals surface area (Å²) in [4.78, 5) is 12.0. The van der Waals surface area contributed by atoms with Crippen LogP contribution in [-0.2, 0) is 10.8 Å². The van der Waals surface area contributed by atoms with E-state index in [2.05, 4.69) is 21.2 Å². The smallest absolute Gasteiger partial charge is 0.251 e. The molecule has 0 heterocycles. The largest absolute Gasteiger partial charge is 0.351 e. The molecule has 106 valence electrons. The number of carbonyl (C=O) groups is 1. The Labute approximate surface area is 129 Å². The summed E-state index contributed by atoms with van der Waals surface area (Å²) in [5.41, 5.74) is 0.627. The van der Waals surface area contributed by atoms with Crippen molar-refractivity contribution < 1.29 is 9.00 Å². The van der Waals surface area contributed by atoms with Crippen molar-refractivity contribution >= 4 is 43.4 Å². The summed E-state index contributed by atoms with van der Waals surface area (Å²) < 4.78 is 12.3. The van der Waals surface area contributed by atoms with Gasteiger partial charge in [0, 0.05) is 38.9 Å². The lowest BCUT2D eigenvalue weighted by Crippen LogP contribution is -2.27. The Bertz CT molecular complexity index is 657. The molecule has 0 aliphatic carbocycles. The predicted octanol–water partition coefficient (Wildman–Crippen LogP) is 3.10. The van der Waals surface area contributed by atoms with Gasteiger partial charge in [0.15, 0.2) is 0 Å². The van der Waals surface area contributed by atoms with Crippen molar-refractivity contribution in [3.8, 4) is 0 Å². The van der Waals surface area contributed by atoms with Gasteiger partial charge in [0.2, 0.25) is 0 Å². The van der Waals surface area contributed by atoms with Crippen molar-refractivity contribution in [2.75, 3.05) is 18.1 Å². The van der Waals surface area contributed by atoms with Crippen LogP contribution in [0.25, 0.3) is 10.8 Å². The summed E-state index contributed by atoms with van der Waals surface area (Å²) in [5.74, 6) is 1.01. The van der Waals surface area contributed by atoms with Gasteiger partial charge in [0.25, 0.3) is 5.91 Å². The Kier molecular flexibility index (Phi) is 5.31. The first-order valence-electron chi connectivity index (χ1n) is 6.42. The fraction of sp³-hybridized carbons (Fsp3) is 0.267. The van der Waals surface area contributed by atoms with Gasteiger partial charge in [-0.25, -0.2) is 0 Å². The lowest BCUT2D eigenvalue weighted by molar-refractivity contribution is 0.0956. The molecule has 0 aliphatic rings. The van der Waals surface area contributed by atoms with E-state index in [1.54, 1.807) is 6.07 Å². The minimum Gasteiger partial charge on any atom is -0.351 e. The molecular formula is C15H16BrNO2S. The van der Waals surface area contributed by atoms with E-state index in [-0.39, 0.29) is 5.91 Å². The molecule has 0 aliphatic heterocycles. The maximum absolute atomic E-state index is 12.0. The highest BCUT2D eigenvalue weighted by Gasteiger charge is 2.06. The topological polar surface area (TPSA) is 46.2 Å². The van der Waals surface area contributed by atoms with Crippen molar-refractivity contribution in [2.45, 2.75) is 6.92 Å². The van der Waals surface area contributed by atoms with Gasteiger partial charge in [-0.15, -0.1) is 0 Å². The second kappa shape index (κ2) is 6.99. The monoisotopic (exact) mass is 353 g/mol. The average molecular weight is 354 g/mol. The summed E-state index contributed by atoms with van der Waals surface area (Å²) in [6.45, 7) is 2.32. The van der Waals surface area contributed by atoms with E-state index in [4.69, 9.17) is 0 Å². The van der Waals surface area contributed by atoms with Crippen molar-refractivity contribution in [3.63, 3.8) is 0 Å². The Morgan fingerprint density at radius 1 is 1.20 bits per heavy atom. The van der Waals surface area contributed by atoms with Crippen LogP contribution in [-0.4, -0.2) is 28.2 Å². The number of amides is 1. The van der Waals surface area contributed by atoms with Crippen LogP contribution in [0.3, 0.4) is 0 Å². The predicted molar refractivity (Wildman–Crippen MR) is 87.5 cm³/mol. The van der Waals surface area contributed by atoms with Gasteiger partial charge in [-0.1, -0.05) is 35.0 Å². The van der Waals surface area contributed by atoms with E-state index < -0.39 is 10.8 Å². The Morgan fingerprint density at radius 2 is 1.90 bits per heavy atom. The highest BCUT2D eigenvalue weighted by atomic mass is 79.9. The number of halogens is 1. The van der Waals surface area contributed by atoms with Gasteiger partial charge in [-0.2, -0.15) is 0 Å². The van der Waals surface area contributed by atoms with E-state index in [9.17, 15) is 9.00 Å². The number of carbonyl (C=O) groups excluding carboxylic acids is 1. The third kappa shape index (κ3) is 3.90. The van der Waals surface area contributed by atoms with Gasteiger partial charge < -0.3 is 5.32 Å². The SMILES string of the molecule is CCS(=O)CCNC(=O)c1ccc2cc(Br)ccc2c1.